The van der Waals surface area contributed by atoms with Gasteiger partial charge in [0.25, 0.3) is 0 Å². The lowest BCUT2D eigenvalue weighted by molar-refractivity contribution is 0.0527. The van der Waals surface area contributed by atoms with Crippen LogP contribution >= 0.6 is 0 Å². The highest BCUT2D eigenvalue weighted by Gasteiger charge is 2.23. The molecule has 1 aromatic rings. The van der Waals surface area contributed by atoms with Gasteiger partial charge in [-0.3, -0.25) is 4.98 Å². The summed E-state index contributed by atoms with van der Waals surface area (Å²) >= 11 is 0. The molecule has 2 heterocycles. The lowest BCUT2D eigenvalue weighted by atomic mass is 10.1. The molecule has 2 rings (SSSR count). The number of aromatic nitrogens is 1. The summed E-state index contributed by atoms with van der Waals surface area (Å²) in [5.41, 5.74) is 2.46. The van der Waals surface area contributed by atoms with E-state index in [1.54, 1.807) is 6.92 Å². The van der Waals surface area contributed by atoms with Crippen molar-refractivity contribution in [1.82, 2.24) is 4.98 Å². The van der Waals surface area contributed by atoms with Crippen LogP contribution in [0, 0.1) is 13.8 Å². The number of morpholine rings is 1. The van der Waals surface area contributed by atoms with Gasteiger partial charge in [-0.1, -0.05) is 0 Å². The fourth-order valence-electron chi connectivity index (χ4n) is 2.36. The zero-order chi connectivity index (χ0) is 13.3. The van der Waals surface area contributed by atoms with Crippen LogP contribution in [0.2, 0.25) is 0 Å². The third-order valence-corrected chi connectivity index (χ3v) is 3.10. The average molecular weight is 250 g/mol. The molecule has 1 aliphatic rings. The van der Waals surface area contributed by atoms with E-state index in [-0.39, 0.29) is 6.10 Å². The van der Waals surface area contributed by atoms with Crippen molar-refractivity contribution in [2.45, 2.75) is 26.9 Å². The molecule has 5 heteroatoms. The summed E-state index contributed by atoms with van der Waals surface area (Å²) in [5.74, 6) is -0.922. The van der Waals surface area contributed by atoms with Crippen LogP contribution in [0.4, 0.5) is 5.69 Å². The van der Waals surface area contributed by atoms with E-state index in [1.165, 1.54) is 0 Å². The van der Waals surface area contributed by atoms with Crippen LogP contribution < -0.4 is 4.90 Å². The maximum Gasteiger partial charge on any atom is 0.339 e. The Balaban J connectivity index is 2.44. The molecule has 98 valence electrons. The van der Waals surface area contributed by atoms with Gasteiger partial charge in [0.1, 0.15) is 5.56 Å². The van der Waals surface area contributed by atoms with E-state index in [2.05, 4.69) is 9.88 Å². The van der Waals surface area contributed by atoms with Crippen molar-refractivity contribution in [2.75, 3.05) is 24.6 Å². The third kappa shape index (κ3) is 2.46. The highest BCUT2D eigenvalue weighted by Crippen LogP contribution is 2.25. The molecule has 0 saturated carbocycles. The third-order valence-electron chi connectivity index (χ3n) is 3.10. The van der Waals surface area contributed by atoms with Crippen molar-refractivity contribution >= 4 is 11.7 Å². The summed E-state index contributed by atoms with van der Waals surface area (Å²) < 4.78 is 5.49. The molecule has 0 amide bonds. The van der Waals surface area contributed by atoms with E-state index in [9.17, 15) is 9.90 Å². The van der Waals surface area contributed by atoms with Crippen LogP contribution in [0.1, 0.15) is 28.7 Å². The van der Waals surface area contributed by atoms with Gasteiger partial charge >= 0.3 is 5.97 Å². The number of carboxylic acid groups (broad SMARTS) is 1. The zero-order valence-electron chi connectivity index (χ0n) is 10.9. The highest BCUT2D eigenvalue weighted by atomic mass is 16.5. The van der Waals surface area contributed by atoms with Gasteiger partial charge in [0.15, 0.2) is 0 Å². The summed E-state index contributed by atoms with van der Waals surface area (Å²) in [6.07, 6.45) is 0.120. The Morgan fingerprint density at radius 2 is 2.28 bits per heavy atom. The Morgan fingerprint density at radius 3 is 2.89 bits per heavy atom. The SMILES string of the molecule is Cc1cc(N2CCOC(C)C2)c(C(=O)O)c(C)n1. The number of nitrogens with zero attached hydrogens (tertiary/aromatic N) is 2. The second-order valence-electron chi connectivity index (χ2n) is 4.68. The molecule has 1 atom stereocenters. The van der Waals surface area contributed by atoms with Crippen LogP contribution in [-0.2, 0) is 4.74 Å². The predicted octanol–water partition coefficient (Wildman–Crippen LogP) is 1.62. The topological polar surface area (TPSA) is 62.7 Å². The van der Waals surface area contributed by atoms with Crippen LogP contribution in [0.3, 0.4) is 0 Å². The summed E-state index contributed by atoms with van der Waals surface area (Å²) in [6.45, 7) is 7.67. The molecular formula is C13H18N2O3. The normalized spacial score (nSPS) is 19.9. The molecule has 1 fully saturated rings. The van der Waals surface area contributed by atoms with Gasteiger partial charge < -0.3 is 14.7 Å². The van der Waals surface area contributed by atoms with Gasteiger partial charge in [-0.2, -0.15) is 0 Å². The van der Waals surface area contributed by atoms with Gasteiger partial charge in [-0.25, -0.2) is 4.79 Å². The molecule has 18 heavy (non-hydrogen) atoms. The van der Waals surface area contributed by atoms with E-state index in [4.69, 9.17) is 4.74 Å². The van der Waals surface area contributed by atoms with Crippen LogP contribution in [-0.4, -0.2) is 41.9 Å². The lowest BCUT2D eigenvalue weighted by Crippen LogP contribution is -2.42. The van der Waals surface area contributed by atoms with Crippen LogP contribution in [0.5, 0.6) is 0 Å². The van der Waals surface area contributed by atoms with Gasteiger partial charge in [0, 0.05) is 18.8 Å². The van der Waals surface area contributed by atoms with Crippen LogP contribution in [0.15, 0.2) is 6.07 Å². The molecule has 0 radical (unpaired) electrons. The molecule has 1 unspecified atom stereocenters. The van der Waals surface area contributed by atoms with Crippen molar-refractivity contribution in [1.29, 1.82) is 0 Å². The monoisotopic (exact) mass is 250 g/mol. The quantitative estimate of drug-likeness (QED) is 0.864. The Hall–Kier alpha value is -1.62. The summed E-state index contributed by atoms with van der Waals surface area (Å²) in [7, 11) is 0. The van der Waals surface area contributed by atoms with Gasteiger partial charge in [0.2, 0.25) is 0 Å². The Bertz CT molecular complexity index is 474. The minimum absolute atomic E-state index is 0.120. The van der Waals surface area contributed by atoms with Gasteiger partial charge in [-0.15, -0.1) is 0 Å². The second kappa shape index (κ2) is 4.94. The van der Waals surface area contributed by atoms with Gasteiger partial charge in [0.05, 0.1) is 24.1 Å². The Morgan fingerprint density at radius 1 is 1.56 bits per heavy atom. The van der Waals surface area contributed by atoms with Crippen molar-refractivity contribution in [3.8, 4) is 0 Å². The van der Waals surface area contributed by atoms with Crippen molar-refractivity contribution in [2.24, 2.45) is 0 Å². The molecule has 1 aromatic heterocycles. The first kappa shape index (κ1) is 12.8. The van der Waals surface area contributed by atoms with E-state index in [0.717, 1.165) is 11.4 Å². The average Bonchev–Trinajstić information content (AvgIpc) is 2.27. The smallest absolute Gasteiger partial charge is 0.339 e. The maximum absolute atomic E-state index is 11.4. The van der Waals surface area contributed by atoms with Crippen molar-refractivity contribution in [3.63, 3.8) is 0 Å². The number of aromatic carboxylic acids is 1. The first-order valence-corrected chi connectivity index (χ1v) is 6.07. The lowest BCUT2D eigenvalue weighted by Gasteiger charge is -2.34. The minimum Gasteiger partial charge on any atom is -0.478 e. The van der Waals surface area contributed by atoms with E-state index in [0.29, 0.717) is 31.0 Å². The number of ether oxygens (including phenoxy) is 1. The maximum atomic E-state index is 11.4. The molecule has 1 saturated heterocycles. The van der Waals surface area contributed by atoms with Crippen molar-refractivity contribution in [3.05, 3.63) is 23.0 Å². The fraction of sp³-hybridized carbons (Fsp3) is 0.538. The number of rotatable bonds is 2. The largest absolute Gasteiger partial charge is 0.478 e. The number of carboxylic acids is 1. The standard InChI is InChI=1S/C13H18N2O3/c1-8-6-11(12(13(16)17)10(3)14-8)15-4-5-18-9(2)7-15/h6,9H,4-5,7H2,1-3H3,(H,16,17). The fourth-order valence-corrected chi connectivity index (χ4v) is 2.36. The second-order valence-corrected chi connectivity index (χ2v) is 4.68. The summed E-state index contributed by atoms with van der Waals surface area (Å²) in [5, 5.41) is 9.34. The van der Waals surface area contributed by atoms with E-state index >= 15 is 0 Å². The zero-order valence-corrected chi connectivity index (χ0v) is 10.9. The molecule has 5 nitrogen and oxygen atoms in total. The molecule has 0 spiro atoms. The Labute approximate surface area is 106 Å². The van der Waals surface area contributed by atoms with E-state index in [1.807, 2.05) is 19.9 Å². The van der Waals surface area contributed by atoms with Crippen LogP contribution in [0.25, 0.3) is 0 Å². The number of pyridine rings is 1. The first-order chi connectivity index (χ1) is 8.49. The first-order valence-electron chi connectivity index (χ1n) is 6.07. The van der Waals surface area contributed by atoms with E-state index < -0.39 is 5.97 Å². The summed E-state index contributed by atoms with van der Waals surface area (Å²) in [6, 6.07) is 1.84. The number of hydrogen-bond acceptors (Lipinski definition) is 4. The number of anilines is 1. The number of hydrogen-bond donors (Lipinski definition) is 1. The molecule has 1 aliphatic heterocycles. The van der Waals surface area contributed by atoms with Crippen molar-refractivity contribution < 1.29 is 14.6 Å². The highest BCUT2D eigenvalue weighted by molar-refractivity contribution is 5.95. The minimum atomic E-state index is -0.922. The Kier molecular flexibility index (Phi) is 3.52. The molecule has 1 N–H and O–H groups in total. The summed E-state index contributed by atoms with van der Waals surface area (Å²) in [4.78, 5) is 17.7. The molecule has 0 aromatic carbocycles. The predicted molar refractivity (Wildman–Crippen MR) is 68.3 cm³/mol. The molecular weight excluding hydrogens is 232 g/mol. The molecule has 0 aliphatic carbocycles. The number of carbonyl (C=O) groups is 1. The number of aryl methyl sites for hydroxylation is 2. The molecule has 0 bridgehead atoms. The van der Waals surface area contributed by atoms with Gasteiger partial charge in [-0.05, 0) is 26.8 Å².